The SMILES string of the molecule is NCCOCC(=O)Nc1ccccc1OC(F)F. The number of hydrogen-bond donors (Lipinski definition) is 2. The third kappa shape index (κ3) is 5.07. The van der Waals surface area contributed by atoms with E-state index in [9.17, 15) is 13.6 Å². The molecule has 0 atom stereocenters. The second-order valence-corrected chi connectivity index (χ2v) is 3.26. The number of nitrogens with one attached hydrogen (secondary N) is 1. The summed E-state index contributed by atoms with van der Waals surface area (Å²) < 4.78 is 33.4. The lowest BCUT2D eigenvalue weighted by Crippen LogP contribution is -2.21. The molecule has 5 nitrogen and oxygen atoms in total. The van der Waals surface area contributed by atoms with E-state index >= 15 is 0 Å². The number of carbonyl (C=O) groups is 1. The fourth-order valence-corrected chi connectivity index (χ4v) is 1.20. The first-order valence-corrected chi connectivity index (χ1v) is 5.25. The Morgan fingerprint density at radius 1 is 1.39 bits per heavy atom. The number of carbonyl (C=O) groups excluding carboxylic acids is 1. The molecule has 0 unspecified atom stereocenters. The van der Waals surface area contributed by atoms with Crippen molar-refractivity contribution in [3.63, 3.8) is 0 Å². The van der Waals surface area contributed by atoms with Gasteiger partial charge in [0, 0.05) is 6.54 Å². The van der Waals surface area contributed by atoms with Gasteiger partial charge >= 0.3 is 6.61 Å². The van der Waals surface area contributed by atoms with Crippen LogP contribution in [0.25, 0.3) is 0 Å². The van der Waals surface area contributed by atoms with E-state index in [2.05, 4.69) is 10.1 Å². The maximum absolute atomic E-state index is 12.1. The van der Waals surface area contributed by atoms with E-state index in [0.717, 1.165) is 0 Å². The zero-order valence-corrected chi connectivity index (χ0v) is 9.57. The Hall–Kier alpha value is -1.73. The van der Waals surface area contributed by atoms with Crippen LogP contribution >= 0.6 is 0 Å². The van der Waals surface area contributed by atoms with E-state index in [1.807, 2.05) is 0 Å². The number of anilines is 1. The third-order valence-corrected chi connectivity index (χ3v) is 1.87. The smallest absolute Gasteiger partial charge is 0.387 e. The van der Waals surface area contributed by atoms with E-state index < -0.39 is 12.5 Å². The minimum atomic E-state index is -2.95. The number of alkyl halides is 2. The van der Waals surface area contributed by atoms with Gasteiger partial charge in [-0.15, -0.1) is 0 Å². The molecule has 0 heterocycles. The summed E-state index contributed by atoms with van der Waals surface area (Å²) in [6.07, 6.45) is 0. The highest BCUT2D eigenvalue weighted by Gasteiger charge is 2.11. The molecule has 0 aliphatic rings. The van der Waals surface area contributed by atoms with Crippen molar-refractivity contribution < 1.29 is 23.0 Å². The molecule has 1 rings (SSSR count). The van der Waals surface area contributed by atoms with Gasteiger partial charge in [0.05, 0.1) is 12.3 Å². The monoisotopic (exact) mass is 260 g/mol. The number of hydrogen-bond acceptors (Lipinski definition) is 4. The van der Waals surface area contributed by atoms with Crippen molar-refractivity contribution >= 4 is 11.6 Å². The van der Waals surface area contributed by atoms with Gasteiger partial charge in [-0.25, -0.2) is 0 Å². The van der Waals surface area contributed by atoms with Crippen molar-refractivity contribution in [2.45, 2.75) is 6.61 Å². The number of nitrogens with two attached hydrogens (primary N) is 1. The van der Waals surface area contributed by atoms with Crippen LogP contribution < -0.4 is 15.8 Å². The van der Waals surface area contributed by atoms with E-state index in [1.165, 1.54) is 18.2 Å². The lowest BCUT2D eigenvalue weighted by atomic mass is 10.3. The predicted molar refractivity (Wildman–Crippen MR) is 61.6 cm³/mol. The van der Waals surface area contributed by atoms with Gasteiger partial charge in [-0.05, 0) is 12.1 Å². The molecule has 3 N–H and O–H groups in total. The second-order valence-electron chi connectivity index (χ2n) is 3.26. The summed E-state index contributed by atoms with van der Waals surface area (Å²) in [6.45, 7) is -2.59. The Morgan fingerprint density at radius 2 is 2.11 bits per heavy atom. The molecule has 0 fully saturated rings. The van der Waals surface area contributed by atoms with Crippen molar-refractivity contribution in [3.05, 3.63) is 24.3 Å². The van der Waals surface area contributed by atoms with Crippen LogP contribution in [-0.4, -0.2) is 32.3 Å². The molecule has 0 spiro atoms. The molecule has 1 aromatic rings. The first-order valence-electron chi connectivity index (χ1n) is 5.25. The van der Waals surface area contributed by atoms with Crippen LogP contribution in [0.1, 0.15) is 0 Å². The molecule has 7 heteroatoms. The zero-order valence-electron chi connectivity index (χ0n) is 9.57. The average molecular weight is 260 g/mol. The van der Waals surface area contributed by atoms with Crippen LogP contribution in [0.3, 0.4) is 0 Å². The average Bonchev–Trinajstić information content (AvgIpc) is 2.31. The Kier molecular flexibility index (Phi) is 6.03. The second kappa shape index (κ2) is 7.57. The first-order chi connectivity index (χ1) is 8.63. The fourth-order valence-electron chi connectivity index (χ4n) is 1.20. The van der Waals surface area contributed by atoms with Crippen molar-refractivity contribution in [1.82, 2.24) is 0 Å². The maximum atomic E-state index is 12.1. The molecule has 0 radical (unpaired) electrons. The Morgan fingerprint density at radius 3 is 2.78 bits per heavy atom. The number of para-hydroxylation sites is 2. The van der Waals surface area contributed by atoms with Gasteiger partial charge in [0.15, 0.2) is 0 Å². The van der Waals surface area contributed by atoms with Gasteiger partial charge in [0.1, 0.15) is 12.4 Å². The topological polar surface area (TPSA) is 73.6 Å². The van der Waals surface area contributed by atoms with E-state index in [4.69, 9.17) is 10.5 Å². The zero-order chi connectivity index (χ0) is 13.4. The summed E-state index contributed by atoms with van der Waals surface area (Å²) in [7, 11) is 0. The summed E-state index contributed by atoms with van der Waals surface area (Å²) in [6, 6.07) is 5.91. The molecule has 1 aromatic carbocycles. The fraction of sp³-hybridized carbons (Fsp3) is 0.364. The minimum absolute atomic E-state index is 0.0975. The molecular formula is C11H14F2N2O3. The first kappa shape index (κ1) is 14.3. The lowest BCUT2D eigenvalue weighted by Gasteiger charge is -2.11. The van der Waals surface area contributed by atoms with Gasteiger partial charge in [-0.2, -0.15) is 8.78 Å². The normalized spacial score (nSPS) is 10.4. The van der Waals surface area contributed by atoms with Gasteiger partial charge < -0.3 is 20.5 Å². The Labute approximate surface area is 103 Å². The highest BCUT2D eigenvalue weighted by atomic mass is 19.3. The molecule has 0 aliphatic carbocycles. The molecule has 18 heavy (non-hydrogen) atoms. The molecule has 0 saturated heterocycles. The molecule has 0 aromatic heterocycles. The van der Waals surface area contributed by atoms with E-state index in [-0.39, 0.29) is 24.7 Å². The molecule has 0 aliphatic heterocycles. The van der Waals surface area contributed by atoms with E-state index in [0.29, 0.717) is 6.54 Å². The number of ether oxygens (including phenoxy) is 2. The number of amides is 1. The summed E-state index contributed by atoms with van der Waals surface area (Å²) >= 11 is 0. The van der Waals surface area contributed by atoms with Crippen LogP contribution in [0.5, 0.6) is 5.75 Å². The summed E-state index contributed by atoms with van der Waals surface area (Å²) in [4.78, 5) is 11.4. The quantitative estimate of drug-likeness (QED) is 0.722. The lowest BCUT2D eigenvalue weighted by molar-refractivity contribution is -0.120. The van der Waals surface area contributed by atoms with Gasteiger partial charge in [0.2, 0.25) is 5.91 Å². The van der Waals surface area contributed by atoms with Crippen molar-refractivity contribution in [2.24, 2.45) is 5.73 Å². The molecule has 1 amide bonds. The molecule has 100 valence electrons. The maximum Gasteiger partial charge on any atom is 0.387 e. The number of halogens is 2. The van der Waals surface area contributed by atoms with Crippen LogP contribution in [0.15, 0.2) is 24.3 Å². The predicted octanol–water partition coefficient (Wildman–Crippen LogP) is 1.20. The van der Waals surface area contributed by atoms with Crippen LogP contribution in [0.4, 0.5) is 14.5 Å². The largest absolute Gasteiger partial charge is 0.433 e. The number of rotatable bonds is 7. The van der Waals surface area contributed by atoms with Gasteiger partial charge in [-0.3, -0.25) is 4.79 Å². The third-order valence-electron chi connectivity index (χ3n) is 1.87. The summed E-state index contributed by atoms with van der Waals surface area (Å²) in [5.74, 6) is -0.562. The van der Waals surface area contributed by atoms with Crippen LogP contribution in [0, 0.1) is 0 Å². The van der Waals surface area contributed by atoms with Crippen LogP contribution in [0.2, 0.25) is 0 Å². The van der Waals surface area contributed by atoms with Crippen molar-refractivity contribution in [1.29, 1.82) is 0 Å². The Balaban J connectivity index is 2.57. The summed E-state index contributed by atoms with van der Waals surface area (Å²) in [5.41, 5.74) is 5.35. The van der Waals surface area contributed by atoms with E-state index in [1.54, 1.807) is 6.07 Å². The van der Waals surface area contributed by atoms with Crippen molar-refractivity contribution in [2.75, 3.05) is 25.1 Å². The van der Waals surface area contributed by atoms with Crippen LogP contribution in [-0.2, 0) is 9.53 Å². The molecule has 0 saturated carbocycles. The van der Waals surface area contributed by atoms with Crippen molar-refractivity contribution in [3.8, 4) is 5.75 Å². The van der Waals surface area contributed by atoms with Gasteiger partial charge in [0.25, 0.3) is 0 Å². The Bertz CT molecular complexity index is 388. The standard InChI is InChI=1S/C11H14F2N2O3/c12-11(13)18-9-4-2-1-3-8(9)15-10(16)7-17-6-5-14/h1-4,11H,5-7,14H2,(H,15,16). The minimum Gasteiger partial charge on any atom is -0.433 e. The molecular weight excluding hydrogens is 246 g/mol. The van der Waals surface area contributed by atoms with Gasteiger partial charge in [-0.1, -0.05) is 12.1 Å². The highest BCUT2D eigenvalue weighted by molar-refractivity contribution is 5.93. The summed E-state index contributed by atoms with van der Waals surface area (Å²) in [5, 5.41) is 2.41. The molecule has 0 bridgehead atoms. The highest BCUT2D eigenvalue weighted by Crippen LogP contribution is 2.25. The number of benzene rings is 1.